The molecule has 0 aliphatic rings. The lowest BCUT2D eigenvalue weighted by atomic mass is 10.1. The van der Waals surface area contributed by atoms with E-state index in [1.54, 1.807) is 0 Å². The highest BCUT2D eigenvalue weighted by atomic mass is 16.4. The quantitative estimate of drug-likeness (QED) is 0.421. The Balaban J connectivity index is 2.65. The Morgan fingerprint density at radius 3 is 2.62 bits per heavy atom. The third kappa shape index (κ3) is 1.23. The molecule has 0 saturated carbocycles. The van der Waals surface area contributed by atoms with Gasteiger partial charge in [0.1, 0.15) is 5.58 Å². The normalized spacial score (nSPS) is 11.1. The standard InChI is InChI=1S/C14H10O2/c1-9-6-7-10-11-4-2-3-5-13(11)16-14(15)12(10)8-9/h2-8H,1H3. The monoisotopic (exact) mass is 210 g/mol. The molecule has 0 amide bonds. The SMILES string of the molecule is Cc1ccc2c(c1)c(=O)oc1ccccc12. The Bertz CT molecular complexity index is 738. The van der Waals surface area contributed by atoms with Gasteiger partial charge in [-0.1, -0.05) is 35.9 Å². The molecule has 0 unspecified atom stereocenters. The second-order valence-corrected chi connectivity index (χ2v) is 3.93. The minimum absolute atomic E-state index is 0.266. The topological polar surface area (TPSA) is 30.2 Å². The molecule has 2 nitrogen and oxygen atoms in total. The zero-order valence-corrected chi connectivity index (χ0v) is 8.86. The van der Waals surface area contributed by atoms with Gasteiger partial charge in [-0.05, 0) is 24.4 Å². The van der Waals surface area contributed by atoms with E-state index in [1.165, 1.54) is 0 Å². The molecule has 78 valence electrons. The van der Waals surface area contributed by atoms with Gasteiger partial charge in [-0.25, -0.2) is 4.79 Å². The van der Waals surface area contributed by atoms with Crippen LogP contribution < -0.4 is 5.63 Å². The molecule has 1 aromatic heterocycles. The van der Waals surface area contributed by atoms with Gasteiger partial charge in [-0.15, -0.1) is 0 Å². The molecule has 0 atom stereocenters. The first kappa shape index (κ1) is 9.16. The molecular weight excluding hydrogens is 200 g/mol. The lowest BCUT2D eigenvalue weighted by Gasteiger charge is -2.02. The Morgan fingerprint density at radius 2 is 1.75 bits per heavy atom. The van der Waals surface area contributed by atoms with Gasteiger partial charge in [-0.2, -0.15) is 0 Å². The minimum atomic E-state index is -0.266. The van der Waals surface area contributed by atoms with Crippen molar-refractivity contribution >= 4 is 21.7 Å². The van der Waals surface area contributed by atoms with E-state index in [-0.39, 0.29) is 5.63 Å². The molecule has 0 radical (unpaired) electrons. The maximum absolute atomic E-state index is 11.8. The van der Waals surface area contributed by atoms with Crippen molar-refractivity contribution in [1.82, 2.24) is 0 Å². The van der Waals surface area contributed by atoms with Crippen molar-refractivity contribution in [2.45, 2.75) is 6.92 Å². The summed E-state index contributed by atoms with van der Waals surface area (Å²) in [5.41, 5.74) is 1.44. The van der Waals surface area contributed by atoms with Gasteiger partial charge < -0.3 is 4.42 Å². The number of benzene rings is 2. The summed E-state index contributed by atoms with van der Waals surface area (Å²) in [5.74, 6) is 0. The highest BCUT2D eigenvalue weighted by molar-refractivity contribution is 6.04. The maximum Gasteiger partial charge on any atom is 0.344 e. The molecule has 1 heterocycles. The molecule has 0 saturated heterocycles. The predicted octanol–water partition coefficient (Wildman–Crippen LogP) is 3.25. The molecule has 0 aliphatic carbocycles. The second kappa shape index (κ2) is 3.20. The van der Waals surface area contributed by atoms with E-state index in [2.05, 4.69) is 0 Å². The molecule has 0 bridgehead atoms. The summed E-state index contributed by atoms with van der Waals surface area (Å²) >= 11 is 0. The summed E-state index contributed by atoms with van der Waals surface area (Å²) in [4.78, 5) is 11.8. The minimum Gasteiger partial charge on any atom is -0.422 e. The predicted molar refractivity (Wildman–Crippen MR) is 64.7 cm³/mol. The Hall–Kier alpha value is -2.09. The largest absolute Gasteiger partial charge is 0.422 e. The van der Waals surface area contributed by atoms with Gasteiger partial charge in [-0.3, -0.25) is 0 Å². The molecule has 0 N–H and O–H groups in total. The first-order chi connectivity index (χ1) is 7.75. The molecule has 2 aromatic carbocycles. The summed E-state index contributed by atoms with van der Waals surface area (Å²) in [7, 11) is 0. The number of para-hydroxylation sites is 1. The van der Waals surface area contributed by atoms with E-state index in [0.29, 0.717) is 11.0 Å². The second-order valence-electron chi connectivity index (χ2n) is 3.93. The zero-order valence-electron chi connectivity index (χ0n) is 8.86. The maximum atomic E-state index is 11.8. The van der Waals surface area contributed by atoms with Crippen LogP contribution in [0.5, 0.6) is 0 Å². The fourth-order valence-electron chi connectivity index (χ4n) is 1.99. The van der Waals surface area contributed by atoms with Crippen LogP contribution in [0.3, 0.4) is 0 Å². The van der Waals surface area contributed by atoms with Gasteiger partial charge in [0.25, 0.3) is 0 Å². The molecule has 3 rings (SSSR count). The summed E-state index contributed by atoms with van der Waals surface area (Å²) in [6, 6.07) is 13.4. The average molecular weight is 210 g/mol. The van der Waals surface area contributed by atoms with Gasteiger partial charge in [0.15, 0.2) is 0 Å². The van der Waals surface area contributed by atoms with Crippen molar-refractivity contribution < 1.29 is 4.42 Å². The van der Waals surface area contributed by atoms with Gasteiger partial charge in [0.05, 0.1) is 5.39 Å². The Kier molecular flexibility index (Phi) is 1.83. The number of fused-ring (bicyclic) bond motifs is 3. The lowest BCUT2D eigenvalue weighted by molar-refractivity contribution is 0.569. The summed E-state index contributed by atoms with van der Waals surface area (Å²) in [6.07, 6.45) is 0. The van der Waals surface area contributed by atoms with E-state index in [4.69, 9.17) is 4.42 Å². The van der Waals surface area contributed by atoms with Gasteiger partial charge in [0.2, 0.25) is 0 Å². The van der Waals surface area contributed by atoms with E-state index in [0.717, 1.165) is 16.3 Å². The highest BCUT2D eigenvalue weighted by Crippen LogP contribution is 2.22. The fourth-order valence-corrected chi connectivity index (χ4v) is 1.99. The van der Waals surface area contributed by atoms with Crippen LogP contribution in [0.25, 0.3) is 21.7 Å². The Labute approximate surface area is 92.1 Å². The van der Waals surface area contributed by atoms with Crippen molar-refractivity contribution in [3.63, 3.8) is 0 Å². The van der Waals surface area contributed by atoms with Gasteiger partial charge in [0, 0.05) is 5.39 Å². The van der Waals surface area contributed by atoms with Crippen LogP contribution in [0.15, 0.2) is 51.7 Å². The lowest BCUT2D eigenvalue weighted by Crippen LogP contribution is -1.99. The Morgan fingerprint density at radius 1 is 0.938 bits per heavy atom. The van der Waals surface area contributed by atoms with Gasteiger partial charge >= 0.3 is 5.63 Å². The first-order valence-corrected chi connectivity index (χ1v) is 5.18. The zero-order chi connectivity index (χ0) is 11.1. The molecule has 0 aliphatic heterocycles. The van der Waals surface area contributed by atoms with Crippen LogP contribution >= 0.6 is 0 Å². The van der Waals surface area contributed by atoms with Crippen molar-refractivity contribution in [1.29, 1.82) is 0 Å². The van der Waals surface area contributed by atoms with Crippen LogP contribution in [0, 0.1) is 6.92 Å². The number of hydrogen-bond acceptors (Lipinski definition) is 2. The van der Waals surface area contributed by atoms with Crippen molar-refractivity contribution in [3.05, 3.63) is 58.4 Å². The van der Waals surface area contributed by atoms with E-state index >= 15 is 0 Å². The number of aryl methyl sites for hydroxylation is 1. The number of hydrogen-bond donors (Lipinski definition) is 0. The van der Waals surface area contributed by atoms with Crippen LogP contribution in [0.4, 0.5) is 0 Å². The fraction of sp³-hybridized carbons (Fsp3) is 0.0714. The van der Waals surface area contributed by atoms with Crippen molar-refractivity contribution in [2.75, 3.05) is 0 Å². The molecule has 16 heavy (non-hydrogen) atoms. The van der Waals surface area contributed by atoms with E-state index in [9.17, 15) is 4.79 Å². The van der Waals surface area contributed by atoms with Crippen molar-refractivity contribution in [2.24, 2.45) is 0 Å². The van der Waals surface area contributed by atoms with Crippen LogP contribution in [-0.2, 0) is 0 Å². The summed E-state index contributed by atoms with van der Waals surface area (Å²) < 4.78 is 5.27. The highest BCUT2D eigenvalue weighted by Gasteiger charge is 2.05. The summed E-state index contributed by atoms with van der Waals surface area (Å²) in [5, 5.41) is 2.59. The summed E-state index contributed by atoms with van der Waals surface area (Å²) in [6.45, 7) is 1.97. The smallest absolute Gasteiger partial charge is 0.344 e. The molecule has 0 spiro atoms. The third-order valence-corrected chi connectivity index (χ3v) is 2.77. The van der Waals surface area contributed by atoms with Crippen LogP contribution in [0.1, 0.15) is 5.56 Å². The first-order valence-electron chi connectivity index (χ1n) is 5.18. The van der Waals surface area contributed by atoms with Crippen LogP contribution in [0.2, 0.25) is 0 Å². The molecule has 2 heteroatoms. The third-order valence-electron chi connectivity index (χ3n) is 2.77. The molecule has 3 aromatic rings. The average Bonchev–Trinajstić information content (AvgIpc) is 2.29. The number of rotatable bonds is 0. The van der Waals surface area contributed by atoms with E-state index < -0.39 is 0 Å². The molecule has 0 fully saturated rings. The van der Waals surface area contributed by atoms with Crippen LogP contribution in [-0.4, -0.2) is 0 Å². The van der Waals surface area contributed by atoms with Crippen molar-refractivity contribution in [3.8, 4) is 0 Å². The van der Waals surface area contributed by atoms with E-state index in [1.807, 2.05) is 49.4 Å². The molecular formula is C14H10O2.